The molecule has 114 valence electrons. The first-order valence-electron chi connectivity index (χ1n) is 7.44. The maximum atomic E-state index is 9.07. The van der Waals surface area contributed by atoms with Gasteiger partial charge in [-0.15, -0.1) is 0 Å². The Kier molecular flexibility index (Phi) is 5.15. The number of rotatable bonds is 7. The van der Waals surface area contributed by atoms with E-state index in [2.05, 4.69) is 40.8 Å². The highest BCUT2D eigenvalue weighted by Crippen LogP contribution is 2.19. The van der Waals surface area contributed by atoms with Crippen LogP contribution in [0.2, 0.25) is 0 Å². The SMILES string of the molecule is Cc1ncc(CNCC(C)(C)CCO)n1-c1ccccc1. The lowest BCUT2D eigenvalue weighted by Crippen LogP contribution is -2.30. The van der Waals surface area contributed by atoms with E-state index in [1.165, 1.54) is 0 Å². The van der Waals surface area contributed by atoms with Crippen molar-refractivity contribution in [2.75, 3.05) is 13.2 Å². The number of nitrogens with zero attached hydrogens (tertiary/aromatic N) is 2. The maximum absolute atomic E-state index is 9.07. The van der Waals surface area contributed by atoms with Crippen molar-refractivity contribution in [3.63, 3.8) is 0 Å². The summed E-state index contributed by atoms with van der Waals surface area (Å²) < 4.78 is 2.17. The lowest BCUT2D eigenvalue weighted by Gasteiger charge is -2.24. The van der Waals surface area contributed by atoms with Crippen molar-refractivity contribution in [2.45, 2.75) is 33.7 Å². The highest BCUT2D eigenvalue weighted by molar-refractivity contribution is 5.35. The van der Waals surface area contributed by atoms with Crippen molar-refractivity contribution in [1.82, 2.24) is 14.9 Å². The minimum Gasteiger partial charge on any atom is -0.396 e. The number of hydrogen-bond acceptors (Lipinski definition) is 3. The molecular formula is C17H25N3O. The van der Waals surface area contributed by atoms with Crippen LogP contribution in [0, 0.1) is 12.3 Å². The predicted octanol–water partition coefficient (Wildman–Crippen LogP) is 2.68. The van der Waals surface area contributed by atoms with Crippen LogP contribution < -0.4 is 5.32 Å². The van der Waals surface area contributed by atoms with Gasteiger partial charge in [0.25, 0.3) is 0 Å². The van der Waals surface area contributed by atoms with E-state index >= 15 is 0 Å². The predicted molar refractivity (Wildman–Crippen MR) is 85.5 cm³/mol. The molecule has 0 fully saturated rings. The van der Waals surface area contributed by atoms with Gasteiger partial charge in [0.15, 0.2) is 0 Å². The fourth-order valence-electron chi connectivity index (χ4n) is 2.47. The first-order valence-corrected chi connectivity index (χ1v) is 7.44. The molecule has 2 N–H and O–H groups in total. The van der Waals surface area contributed by atoms with Crippen LogP contribution in [0.4, 0.5) is 0 Å². The van der Waals surface area contributed by atoms with Gasteiger partial charge in [-0.25, -0.2) is 4.98 Å². The molecule has 0 unspecified atom stereocenters. The quantitative estimate of drug-likeness (QED) is 0.823. The second-order valence-corrected chi connectivity index (χ2v) is 6.21. The second kappa shape index (κ2) is 6.87. The number of aliphatic hydroxyl groups is 1. The second-order valence-electron chi connectivity index (χ2n) is 6.21. The van der Waals surface area contributed by atoms with Crippen molar-refractivity contribution >= 4 is 0 Å². The van der Waals surface area contributed by atoms with E-state index in [1.807, 2.05) is 31.3 Å². The Labute approximate surface area is 126 Å². The van der Waals surface area contributed by atoms with Gasteiger partial charge in [0.2, 0.25) is 0 Å². The molecule has 1 heterocycles. The molecule has 2 aromatic rings. The molecule has 0 saturated heterocycles. The van der Waals surface area contributed by atoms with Gasteiger partial charge < -0.3 is 10.4 Å². The number of benzene rings is 1. The van der Waals surface area contributed by atoms with E-state index in [4.69, 9.17) is 5.11 Å². The molecule has 0 atom stereocenters. The standard InChI is InChI=1S/C17H25N3O/c1-14-19-12-16(11-18-13-17(2,3)9-10-21)20(14)15-7-5-4-6-8-15/h4-8,12,18,21H,9-11,13H2,1-3H3. The fraction of sp³-hybridized carbons (Fsp3) is 0.471. The maximum Gasteiger partial charge on any atom is 0.110 e. The molecule has 0 spiro atoms. The first kappa shape index (κ1) is 15.7. The fourth-order valence-corrected chi connectivity index (χ4v) is 2.47. The third kappa shape index (κ3) is 4.16. The average molecular weight is 287 g/mol. The molecule has 21 heavy (non-hydrogen) atoms. The van der Waals surface area contributed by atoms with Gasteiger partial charge >= 0.3 is 0 Å². The summed E-state index contributed by atoms with van der Waals surface area (Å²) in [7, 11) is 0. The minimum atomic E-state index is 0.0986. The van der Waals surface area contributed by atoms with Gasteiger partial charge in [-0.1, -0.05) is 32.0 Å². The zero-order chi connectivity index (χ0) is 15.3. The zero-order valence-corrected chi connectivity index (χ0v) is 13.1. The number of aromatic nitrogens is 2. The molecular weight excluding hydrogens is 262 g/mol. The summed E-state index contributed by atoms with van der Waals surface area (Å²) in [6.07, 6.45) is 2.73. The Hall–Kier alpha value is -1.65. The molecule has 0 bridgehead atoms. The zero-order valence-electron chi connectivity index (χ0n) is 13.1. The van der Waals surface area contributed by atoms with Crippen molar-refractivity contribution < 1.29 is 5.11 Å². The van der Waals surface area contributed by atoms with E-state index in [9.17, 15) is 0 Å². The van der Waals surface area contributed by atoms with Crippen LogP contribution >= 0.6 is 0 Å². The van der Waals surface area contributed by atoms with Gasteiger partial charge in [0, 0.05) is 25.4 Å². The van der Waals surface area contributed by atoms with Crippen LogP contribution in [0.5, 0.6) is 0 Å². The summed E-state index contributed by atoms with van der Waals surface area (Å²) in [5.74, 6) is 0.993. The Balaban J connectivity index is 2.05. The van der Waals surface area contributed by atoms with Crippen molar-refractivity contribution in [2.24, 2.45) is 5.41 Å². The van der Waals surface area contributed by atoms with Crippen molar-refractivity contribution in [3.8, 4) is 5.69 Å². The molecule has 0 amide bonds. The smallest absolute Gasteiger partial charge is 0.110 e. The van der Waals surface area contributed by atoms with Gasteiger partial charge in [-0.3, -0.25) is 4.57 Å². The van der Waals surface area contributed by atoms with E-state index < -0.39 is 0 Å². The van der Waals surface area contributed by atoms with E-state index in [0.29, 0.717) is 0 Å². The summed E-state index contributed by atoms with van der Waals surface area (Å²) in [5, 5.41) is 12.6. The number of imidazole rings is 1. The van der Waals surface area contributed by atoms with Gasteiger partial charge in [0.1, 0.15) is 5.82 Å². The largest absolute Gasteiger partial charge is 0.396 e. The van der Waals surface area contributed by atoms with Crippen LogP contribution in [0.15, 0.2) is 36.5 Å². The summed E-state index contributed by atoms with van der Waals surface area (Å²) in [5.41, 5.74) is 2.39. The van der Waals surface area contributed by atoms with E-state index in [1.54, 1.807) is 0 Å². The normalized spacial score (nSPS) is 11.8. The molecule has 0 aliphatic heterocycles. The highest BCUT2D eigenvalue weighted by atomic mass is 16.3. The van der Waals surface area contributed by atoms with Gasteiger partial charge in [-0.05, 0) is 30.9 Å². The Bertz CT molecular complexity index is 561. The number of aryl methyl sites for hydroxylation is 1. The van der Waals surface area contributed by atoms with Crippen LogP contribution in [-0.4, -0.2) is 27.8 Å². The number of para-hydroxylation sites is 1. The Morgan fingerprint density at radius 1 is 1.24 bits per heavy atom. The molecule has 1 aromatic carbocycles. The van der Waals surface area contributed by atoms with Crippen LogP contribution in [0.25, 0.3) is 5.69 Å². The monoisotopic (exact) mass is 287 g/mol. The highest BCUT2D eigenvalue weighted by Gasteiger charge is 2.17. The number of hydrogen-bond donors (Lipinski definition) is 2. The van der Waals surface area contributed by atoms with E-state index in [-0.39, 0.29) is 12.0 Å². The van der Waals surface area contributed by atoms with Crippen LogP contribution in [0.1, 0.15) is 31.8 Å². The van der Waals surface area contributed by atoms with Crippen molar-refractivity contribution in [1.29, 1.82) is 0 Å². The lowest BCUT2D eigenvalue weighted by atomic mass is 9.90. The summed E-state index contributed by atoms with van der Waals surface area (Å²) >= 11 is 0. The Morgan fingerprint density at radius 3 is 2.62 bits per heavy atom. The summed E-state index contributed by atoms with van der Waals surface area (Å²) in [4.78, 5) is 4.43. The molecule has 0 radical (unpaired) electrons. The first-order chi connectivity index (χ1) is 10.0. The topological polar surface area (TPSA) is 50.1 Å². The van der Waals surface area contributed by atoms with Crippen LogP contribution in [-0.2, 0) is 6.54 Å². The third-order valence-electron chi connectivity index (χ3n) is 3.72. The molecule has 4 heteroatoms. The minimum absolute atomic E-state index is 0.0986. The molecule has 4 nitrogen and oxygen atoms in total. The number of nitrogens with one attached hydrogen (secondary N) is 1. The third-order valence-corrected chi connectivity index (χ3v) is 3.72. The molecule has 0 aliphatic rings. The average Bonchev–Trinajstić information content (AvgIpc) is 2.80. The summed E-state index contributed by atoms with van der Waals surface area (Å²) in [6.45, 7) is 8.21. The van der Waals surface area contributed by atoms with Crippen LogP contribution in [0.3, 0.4) is 0 Å². The summed E-state index contributed by atoms with van der Waals surface area (Å²) in [6, 6.07) is 10.3. The molecule has 0 aliphatic carbocycles. The number of aliphatic hydroxyl groups excluding tert-OH is 1. The Morgan fingerprint density at radius 2 is 1.95 bits per heavy atom. The van der Waals surface area contributed by atoms with Crippen molar-refractivity contribution in [3.05, 3.63) is 48.0 Å². The van der Waals surface area contributed by atoms with E-state index in [0.717, 1.165) is 36.7 Å². The molecule has 2 rings (SSSR count). The van der Waals surface area contributed by atoms with Gasteiger partial charge in [-0.2, -0.15) is 0 Å². The van der Waals surface area contributed by atoms with Gasteiger partial charge in [0.05, 0.1) is 11.9 Å². The molecule has 0 saturated carbocycles. The lowest BCUT2D eigenvalue weighted by molar-refractivity contribution is 0.207. The molecule has 1 aromatic heterocycles.